The fraction of sp³-hybridized carbons (Fsp3) is 0.625. The zero-order valence-corrected chi connectivity index (χ0v) is 34.2. The van der Waals surface area contributed by atoms with Crippen molar-refractivity contribution >= 4 is 56.3 Å². The van der Waals surface area contributed by atoms with Gasteiger partial charge < -0.3 is 25.0 Å². The molecule has 2 aliphatic carbocycles. The molecule has 55 heavy (non-hydrogen) atoms. The van der Waals surface area contributed by atoms with Crippen molar-refractivity contribution < 1.29 is 37.1 Å². The molecule has 2 aliphatic heterocycles. The Bertz CT molecular complexity index is 1990. The number of aromatic nitrogens is 1. The first-order valence-corrected chi connectivity index (χ1v) is 21.3. The summed E-state index contributed by atoms with van der Waals surface area (Å²) in [6.07, 6.45) is 7.46. The maximum absolute atomic E-state index is 14.6. The van der Waals surface area contributed by atoms with Gasteiger partial charge in [-0.05, 0) is 76.3 Å². The highest BCUT2D eigenvalue weighted by Gasteiger charge is 2.63. The van der Waals surface area contributed by atoms with Crippen LogP contribution in [0.15, 0.2) is 30.4 Å². The molecule has 1 aromatic heterocycles. The molecular weight excluding hydrogens is 746 g/mol. The van der Waals surface area contributed by atoms with E-state index in [1.165, 1.54) is 4.90 Å². The van der Waals surface area contributed by atoms with E-state index in [1.807, 2.05) is 52.8 Å². The molecule has 5 unspecified atom stereocenters. The molecule has 3 fully saturated rings. The Labute approximate surface area is 328 Å². The van der Waals surface area contributed by atoms with Crippen molar-refractivity contribution in [3.63, 3.8) is 0 Å². The Balaban J connectivity index is 1.32. The van der Waals surface area contributed by atoms with Crippen molar-refractivity contribution in [2.45, 2.75) is 134 Å². The third kappa shape index (κ3) is 8.90. The first kappa shape index (κ1) is 40.7. The zero-order valence-electron chi connectivity index (χ0n) is 32.6. The number of alkyl carbamates (subject to hydrolysis) is 1. The van der Waals surface area contributed by atoms with Gasteiger partial charge in [-0.1, -0.05) is 70.4 Å². The molecule has 15 heteroatoms. The van der Waals surface area contributed by atoms with Crippen LogP contribution in [0, 0.1) is 18.3 Å². The van der Waals surface area contributed by atoms with Crippen LogP contribution in [0.3, 0.4) is 0 Å². The van der Waals surface area contributed by atoms with Gasteiger partial charge in [0.15, 0.2) is 0 Å². The summed E-state index contributed by atoms with van der Waals surface area (Å²) in [7, 11) is -3.99. The number of pyridine rings is 1. The molecule has 0 radical (unpaired) electrons. The molecule has 0 spiro atoms. The van der Waals surface area contributed by atoms with Gasteiger partial charge in [0.05, 0.1) is 29.1 Å². The molecule has 13 nitrogen and oxygen atoms in total. The average Bonchev–Trinajstić information content (AvgIpc) is 3.99. The van der Waals surface area contributed by atoms with Gasteiger partial charge in [-0.2, -0.15) is 0 Å². The van der Waals surface area contributed by atoms with Gasteiger partial charge in [0, 0.05) is 28.3 Å². The SMILES string of the molecule is CCc1c(OC2CC3C(=O)NC4(C(=O)NS(=O)(=O)C5(C)CC5)CC4C=CCCCCCC(NC(=O)OCC(C)(C)C)C(=O)N3C2)c(C)nc2cc(Cl)ccc12. The Morgan fingerprint density at radius 2 is 1.89 bits per heavy atom. The summed E-state index contributed by atoms with van der Waals surface area (Å²) in [6, 6.07) is 3.40. The van der Waals surface area contributed by atoms with E-state index in [1.54, 1.807) is 19.1 Å². The van der Waals surface area contributed by atoms with E-state index in [4.69, 9.17) is 26.1 Å². The molecule has 4 amide bonds. The highest BCUT2D eigenvalue weighted by molar-refractivity contribution is 7.91. The van der Waals surface area contributed by atoms with Crippen molar-refractivity contribution in [2.75, 3.05) is 13.2 Å². The molecule has 3 N–H and O–H groups in total. The largest absolute Gasteiger partial charge is 0.486 e. The normalized spacial score (nSPS) is 26.9. The number of carbonyl (C=O) groups is 4. The molecule has 5 atom stereocenters. The highest BCUT2D eigenvalue weighted by atomic mass is 35.5. The number of ether oxygens (including phenoxy) is 2. The zero-order chi connectivity index (χ0) is 39.9. The summed E-state index contributed by atoms with van der Waals surface area (Å²) in [6.45, 7) is 11.4. The van der Waals surface area contributed by atoms with Crippen molar-refractivity contribution in [1.82, 2.24) is 25.2 Å². The van der Waals surface area contributed by atoms with Gasteiger partial charge in [0.2, 0.25) is 21.8 Å². The maximum atomic E-state index is 14.6. The number of benzene rings is 1. The van der Waals surface area contributed by atoms with Gasteiger partial charge in [0.1, 0.15) is 29.5 Å². The van der Waals surface area contributed by atoms with Crippen molar-refractivity contribution in [3.05, 3.63) is 46.6 Å². The molecule has 3 heterocycles. The van der Waals surface area contributed by atoms with Gasteiger partial charge in [0.25, 0.3) is 5.91 Å². The summed E-state index contributed by atoms with van der Waals surface area (Å²) < 4.78 is 39.7. The van der Waals surface area contributed by atoms with Crippen LogP contribution in [-0.2, 0) is 35.6 Å². The second-order valence-electron chi connectivity index (χ2n) is 17.1. The number of hydrogen-bond donors (Lipinski definition) is 3. The molecule has 4 aliphatic rings. The predicted molar refractivity (Wildman–Crippen MR) is 209 cm³/mol. The summed E-state index contributed by atoms with van der Waals surface area (Å²) in [5.74, 6) is -1.74. The molecule has 6 rings (SSSR count). The lowest BCUT2D eigenvalue weighted by atomic mass is 9.99. The quantitative estimate of drug-likeness (QED) is 0.286. The number of rotatable bonds is 8. The van der Waals surface area contributed by atoms with E-state index in [2.05, 4.69) is 15.4 Å². The van der Waals surface area contributed by atoms with Crippen LogP contribution in [0.25, 0.3) is 10.9 Å². The first-order valence-electron chi connectivity index (χ1n) is 19.4. The van der Waals surface area contributed by atoms with E-state index in [9.17, 15) is 27.6 Å². The van der Waals surface area contributed by atoms with E-state index in [0.717, 1.165) is 29.3 Å². The van der Waals surface area contributed by atoms with Gasteiger partial charge in [-0.3, -0.25) is 19.1 Å². The number of halogens is 1. The Morgan fingerprint density at radius 3 is 2.58 bits per heavy atom. The van der Waals surface area contributed by atoms with Gasteiger partial charge in [-0.15, -0.1) is 0 Å². The number of allylic oxidation sites excluding steroid dienone is 1. The number of nitrogens with zero attached hydrogens (tertiary/aromatic N) is 2. The van der Waals surface area contributed by atoms with Crippen molar-refractivity contribution in [2.24, 2.45) is 11.3 Å². The summed E-state index contributed by atoms with van der Waals surface area (Å²) in [5, 5.41) is 7.12. The average molecular weight is 800 g/mol. The van der Waals surface area contributed by atoms with Crippen LogP contribution in [0.5, 0.6) is 5.75 Å². The van der Waals surface area contributed by atoms with E-state index < -0.39 is 68.2 Å². The van der Waals surface area contributed by atoms with E-state index >= 15 is 0 Å². The molecule has 2 saturated carbocycles. The lowest BCUT2D eigenvalue weighted by Crippen LogP contribution is -2.58. The minimum absolute atomic E-state index is 0.0165. The van der Waals surface area contributed by atoms with Crippen molar-refractivity contribution in [3.8, 4) is 5.75 Å². The number of fused-ring (bicyclic) bond motifs is 3. The Kier molecular flexibility index (Phi) is 11.5. The molecule has 1 saturated heterocycles. The molecule has 1 aromatic carbocycles. The van der Waals surface area contributed by atoms with Crippen LogP contribution < -0.4 is 20.1 Å². The minimum Gasteiger partial charge on any atom is -0.486 e. The third-order valence-electron chi connectivity index (χ3n) is 11.2. The van der Waals surface area contributed by atoms with Crippen LogP contribution in [-0.4, -0.2) is 83.7 Å². The van der Waals surface area contributed by atoms with Gasteiger partial charge >= 0.3 is 6.09 Å². The monoisotopic (exact) mass is 799 g/mol. The Morgan fingerprint density at radius 1 is 1.15 bits per heavy atom. The van der Waals surface area contributed by atoms with Crippen LogP contribution in [0.2, 0.25) is 5.02 Å². The third-order valence-corrected chi connectivity index (χ3v) is 13.6. The highest BCUT2D eigenvalue weighted by Crippen LogP contribution is 2.47. The summed E-state index contributed by atoms with van der Waals surface area (Å²) >= 11 is 6.28. The minimum atomic E-state index is -3.99. The number of nitrogens with one attached hydrogen (secondary N) is 3. The summed E-state index contributed by atoms with van der Waals surface area (Å²) in [5.41, 5.74) is 0.460. The number of sulfonamides is 1. The lowest BCUT2D eigenvalue weighted by Gasteiger charge is -2.30. The smallest absolute Gasteiger partial charge is 0.407 e. The van der Waals surface area contributed by atoms with Crippen LogP contribution >= 0.6 is 11.6 Å². The number of aryl methyl sites for hydroxylation is 2. The maximum Gasteiger partial charge on any atom is 0.407 e. The fourth-order valence-electron chi connectivity index (χ4n) is 7.51. The number of carbonyl (C=O) groups excluding carboxylic acids is 4. The van der Waals surface area contributed by atoms with Gasteiger partial charge in [-0.25, -0.2) is 18.2 Å². The summed E-state index contributed by atoms with van der Waals surface area (Å²) in [4.78, 5) is 62.2. The molecule has 0 bridgehead atoms. The molecule has 2 aromatic rings. The first-order chi connectivity index (χ1) is 25.9. The number of hydrogen-bond acceptors (Lipinski definition) is 9. The second kappa shape index (κ2) is 15.6. The fourth-order valence-corrected chi connectivity index (χ4v) is 8.99. The lowest BCUT2D eigenvalue weighted by molar-refractivity contribution is -0.141. The van der Waals surface area contributed by atoms with Crippen LogP contribution in [0.1, 0.15) is 104 Å². The Hall–Kier alpha value is -3.91. The predicted octanol–water partition coefficient (Wildman–Crippen LogP) is 5.64. The van der Waals surface area contributed by atoms with E-state index in [-0.39, 0.29) is 31.4 Å². The molecule has 300 valence electrons. The van der Waals surface area contributed by atoms with Crippen molar-refractivity contribution in [1.29, 1.82) is 0 Å². The van der Waals surface area contributed by atoms with Crippen LogP contribution in [0.4, 0.5) is 4.79 Å². The topological polar surface area (TPSA) is 173 Å². The molecular formula is C40H54ClN5O8S. The second-order valence-corrected chi connectivity index (χ2v) is 19.7. The van der Waals surface area contributed by atoms with E-state index in [0.29, 0.717) is 55.0 Å². The number of amides is 4. The standard InChI is InChI=1S/C40H54ClN5O8S/c1-7-28-29-16-15-26(41)19-31(29)42-24(2)33(28)54-27-20-32-34(47)44-40(36(49)45-55(51,52)39(6)17-18-39)21-25(40)13-11-9-8-10-12-14-30(35(48)46(32)22-27)43-37(50)53-23-38(3,4)5/h11,13,15-16,19,25,27,30,32H,7-10,12,14,17-18,20-23H2,1-6H3,(H,43,50)(H,44,47)(H,45,49).